The van der Waals surface area contributed by atoms with Crippen LogP contribution in [0, 0.1) is 5.92 Å². The number of piperidine rings is 1. The lowest BCUT2D eigenvalue weighted by molar-refractivity contribution is 0.0250. The summed E-state index contributed by atoms with van der Waals surface area (Å²) in [6.45, 7) is 0.853. The van der Waals surface area contributed by atoms with Crippen LogP contribution in [0.1, 0.15) is 76.5 Å². The van der Waals surface area contributed by atoms with Crippen molar-refractivity contribution in [3.63, 3.8) is 0 Å². The Morgan fingerprint density at radius 1 is 0.966 bits per heavy atom. The van der Waals surface area contributed by atoms with Crippen LogP contribution < -0.4 is 0 Å². The van der Waals surface area contributed by atoms with Gasteiger partial charge in [-0.1, -0.05) is 43.2 Å². The Balaban J connectivity index is 1.41. The van der Waals surface area contributed by atoms with Gasteiger partial charge in [0.15, 0.2) is 0 Å². The molecule has 2 aliphatic heterocycles. The van der Waals surface area contributed by atoms with Crippen LogP contribution in [0.15, 0.2) is 48.5 Å². The molecule has 0 N–H and O–H groups in total. The quantitative estimate of drug-likeness (QED) is 0.684. The standard InChI is InChI=1S/C25H27NO3/c27-24(26-14-6-10-17-7-4-5-11-22(17)26)19-12-13-21-20(15-19)16-23(29-25(21)28)18-8-2-1-3-9-18/h1-3,8-9,12-13,15,17,22-23H,4-7,10-11,14,16H2/t17-,22+,23-/m0/s1. The maximum atomic E-state index is 13.4. The van der Waals surface area contributed by atoms with Gasteiger partial charge in [0.05, 0.1) is 5.56 Å². The summed E-state index contributed by atoms with van der Waals surface area (Å²) in [6.07, 6.45) is 7.57. The van der Waals surface area contributed by atoms with Gasteiger partial charge in [0.1, 0.15) is 6.10 Å². The normalized spacial score (nSPS) is 26.3. The van der Waals surface area contributed by atoms with E-state index in [1.807, 2.05) is 36.4 Å². The lowest BCUT2D eigenvalue weighted by Gasteiger charge is -2.44. The zero-order valence-corrected chi connectivity index (χ0v) is 16.7. The molecule has 1 saturated heterocycles. The highest BCUT2D eigenvalue weighted by Gasteiger charge is 2.36. The average molecular weight is 389 g/mol. The average Bonchev–Trinajstić information content (AvgIpc) is 2.78. The molecule has 0 radical (unpaired) electrons. The summed E-state index contributed by atoms with van der Waals surface area (Å²) in [5.41, 5.74) is 3.20. The largest absolute Gasteiger partial charge is 0.454 e. The summed E-state index contributed by atoms with van der Waals surface area (Å²) < 4.78 is 5.65. The lowest BCUT2D eigenvalue weighted by Crippen LogP contribution is -2.49. The lowest BCUT2D eigenvalue weighted by atomic mass is 9.78. The molecule has 2 fully saturated rings. The molecule has 2 heterocycles. The zero-order valence-electron chi connectivity index (χ0n) is 16.7. The fourth-order valence-electron chi connectivity index (χ4n) is 5.43. The van der Waals surface area contributed by atoms with E-state index in [4.69, 9.17) is 4.74 Å². The second-order valence-corrected chi connectivity index (χ2v) is 8.63. The maximum absolute atomic E-state index is 13.4. The second-order valence-electron chi connectivity index (χ2n) is 8.63. The first-order valence-corrected chi connectivity index (χ1v) is 10.9. The van der Waals surface area contributed by atoms with Crippen molar-refractivity contribution in [2.45, 2.75) is 57.1 Å². The van der Waals surface area contributed by atoms with Gasteiger partial charge in [0.25, 0.3) is 5.91 Å². The van der Waals surface area contributed by atoms with Crippen LogP contribution in [0.5, 0.6) is 0 Å². The van der Waals surface area contributed by atoms with Crippen molar-refractivity contribution < 1.29 is 14.3 Å². The first kappa shape index (κ1) is 18.4. The predicted molar refractivity (Wildman–Crippen MR) is 111 cm³/mol. The summed E-state index contributed by atoms with van der Waals surface area (Å²) in [5, 5.41) is 0. The molecule has 0 aromatic heterocycles. The Labute approximate surface area is 171 Å². The zero-order chi connectivity index (χ0) is 19.8. The molecule has 4 heteroatoms. The number of carbonyl (C=O) groups is 2. The van der Waals surface area contributed by atoms with E-state index in [0.29, 0.717) is 29.5 Å². The fraction of sp³-hybridized carbons (Fsp3) is 0.440. The van der Waals surface area contributed by atoms with E-state index in [9.17, 15) is 9.59 Å². The minimum absolute atomic E-state index is 0.125. The van der Waals surface area contributed by atoms with Gasteiger partial charge in [-0.05, 0) is 60.9 Å². The van der Waals surface area contributed by atoms with Gasteiger partial charge in [0, 0.05) is 24.6 Å². The number of amides is 1. The summed E-state index contributed by atoms with van der Waals surface area (Å²) in [6, 6.07) is 15.7. The number of carbonyl (C=O) groups excluding carboxylic acids is 2. The maximum Gasteiger partial charge on any atom is 0.339 e. The fourth-order valence-corrected chi connectivity index (χ4v) is 5.43. The van der Waals surface area contributed by atoms with Crippen LogP contribution in [0.3, 0.4) is 0 Å². The molecule has 150 valence electrons. The van der Waals surface area contributed by atoms with E-state index in [-0.39, 0.29) is 18.0 Å². The Morgan fingerprint density at radius 2 is 1.76 bits per heavy atom. The summed E-state index contributed by atoms with van der Waals surface area (Å²) >= 11 is 0. The molecule has 0 spiro atoms. The van der Waals surface area contributed by atoms with Crippen molar-refractivity contribution in [2.24, 2.45) is 5.92 Å². The number of rotatable bonds is 2. The van der Waals surface area contributed by atoms with Crippen LogP contribution in [-0.4, -0.2) is 29.4 Å². The molecule has 3 atom stereocenters. The number of esters is 1. The van der Waals surface area contributed by atoms with Crippen molar-refractivity contribution in [1.82, 2.24) is 4.90 Å². The van der Waals surface area contributed by atoms with Gasteiger partial charge in [-0.25, -0.2) is 4.79 Å². The Hall–Kier alpha value is -2.62. The van der Waals surface area contributed by atoms with Crippen LogP contribution >= 0.6 is 0 Å². The highest BCUT2D eigenvalue weighted by molar-refractivity contribution is 5.98. The summed E-state index contributed by atoms with van der Waals surface area (Å²) in [5.74, 6) is 0.487. The molecule has 4 nitrogen and oxygen atoms in total. The van der Waals surface area contributed by atoms with Crippen LogP contribution in [-0.2, 0) is 11.2 Å². The monoisotopic (exact) mass is 389 g/mol. The number of hydrogen-bond donors (Lipinski definition) is 0. The van der Waals surface area contributed by atoms with Crippen molar-refractivity contribution in [2.75, 3.05) is 6.54 Å². The van der Waals surface area contributed by atoms with Gasteiger partial charge in [-0.2, -0.15) is 0 Å². The minimum Gasteiger partial charge on any atom is -0.454 e. The van der Waals surface area contributed by atoms with Crippen molar-refractivity contribution in [3.05, 3.63) is 70.8 Å². The number of fused-ring (bicyclic) bond motifs is 2. The van der Waals surface area contributed by atoms with Gasteiger partial charge in [0.2, 0.25) is 0 Å². The SMILES string of the molecule is O=C1O[C@H](c2ccccc2)Cc2cc(C(=O)N3CCC[C@@H]4CCCC[C@H]43)ccc21. The van der Waals surface area contributed by atoms with E-state index in [2.05, 4.69) is 4.90 Å². The Morgan fingerprint density at radius 3 is 2.62 bits per heavy atom. The molecule has 2 aromatic rings. The smallest absolute Gasteiger partial charge is 0.339 e. The van der Waals surface area contributed by atoms with E-state index < -0.39 is 0 Å². The molecule has 2 aromatic carbocycles. The van der Waals surface area contributed by atoms with E-state index in [0.717, 1.165) is 30.5 Å². The number of ether oxygens (including phenoxy) is 1. The molecule has 0 bridgehead atoms. The first-order chi connectivity index (χ1) is 14.2. The third-order valence-corrected chi connectivity index (χ3v) is 6.90. The third-order valence-electron chi connectivity index (χ3n) is 6.90. The van der Waals surface area contributed by atoms with Crippen LogP contribution in [0.2, 0.25) is 0 Å². The van der Waals surface area contributed by atoms with Crippen LogP contribution in [0.25, 0.3) is 0 Å². The molecule has 3 aliphatic rings. The first-order valence-electron chi connectivity index (χ1n) is 10.9. The van der Waals surface area contributed by atoms with E-state index in [1.54, 1.807) is 12.1 Å². The molecule has 0 unspecified atom stereocenters. The van der Waals surface area contributed by atoms with Gasteiger partial charge >= 0.3 is 5.97 Å². The minimum atomic E-state index is -0.301. The highest BCUT2D eigenvalue weighted by Crippen LogP contribution is 2.36. The second kappa shape index (κ2) is 7.66. The number of nitrogens with zero attached hydrogens (tertiary/aromatic N) is 1. The van der Waals surface area contributed by atoms with Crippen molar-refractivity contribution in [3.8, 4) is 0 Å². The van der Waals surface area contributed by atoms with E-state index in [1.165, 1.54) is 25.7 Å². The topological polar surface area (TPSA) is 46.6 Å². The molecular formula is C25H27NO3. The Bertz CT molecular complexity index is 921. The molecule has 5 rings (SSSR count). The molecule has 1 amide bonds. The van der Waals surface area contributed by atoms with Crippen LogP contribution in [0.4, 0.5) is 0 Å². The molecule has 1 aliphatic carbocycles. The van der Waals surface area contributed by atoms with Crippen molar-refractivity contribution >= 4 is 11.9 Å². The summed E-state index contributed by atoms with van der Waals surface area (Å²) in [4.78, 5) is 28.0. The number of cyclic esters (lactones) is 1. The third kappa shape index (κ3) is 3.45. The molecule has 1 saturated carbocycles. The van der Waals surface area contributed by atoms with Gasteiger partial charge in [-0.3, -0.25) is 4.79 Å². The van der Waals surface area contributed by atoms with Gasteiger partial charge in [-0.15, -0.1) is 0 Å². The van der Waals surface area contributed by atoms with E-state index >= 15 is 0 Å². The molecular weight excluding hydrogens is 362 g/mol. The van der Waals surface area contributed by atoms with Crippen molar-refractivity contribution in [1.29, 1.82) is 0 Å². The highest BCUT2D eigenvalue weighted by atomic mass is 16.5. The number of likely N-dealkylation sites (tertiary alicyclic amines) is 1. The number of benzene rings is 2. The Kier molecular flexibility index (Phi) is 4.86. The van der Waals surface area contributed by atoms with Gasteiger partial charge < -0.3 is 9.64 Å². The summed E-state index contributed by atoms with van der Waals surface area (Å²) in [7, 11) is 0. The number of hydrogen-bond acceptors (Lipinski definition) is 3. The molecule has 29 heavy (non-hydrogen) atoms. The predicted octanol–water partition coefficient (Wildman–Crippen LogP) is 4.94.